The van der Waals surface area contributed by atoms with Crippen LogP contribution in [0.25, 0.3) is 23.0 Å². The predicted octanol–water partition coefficient (Wildman–Crippen LogP) is 2.16. The monoisotopic (exact) mass is 338 g/mol. The average Bonchev–Trinajstić information content (AvgIpc) is 3.15. The summed E-state index contributed by atoms with van der Waals surface area (Å²) in [6, 6.07) is 3.55. The molecule has 0 radical (unpaired) electrons. The van der Waals surface area contributed by atoms with Gasteiger partial charge in [0.15, 0.2) is 9.84 Å². The van der Waals surface area contributed by atoms with E-state index in [-0.39, 0.29) is 10.0 Å². The quantitative estimate of drug-likeness (QED) is 0.724. The molecular weight excluding hydrogens is 324 g/mol. The van der Waals surface area contributed by atoms with Crippen molar-refractivity contribution in [2.45, 2.75) is 17.6 Å². The summed E-state index contributed by atoms with van der Waals surface area (Å²) in [5.74, 6) is 0.575. The summed E-state index contributed by atoms with van der Waals surface area (Å²) in [4.78, 5) is 4.31. The zero-order valence-electron chi connectivity index (χ0n) is 12.3. The van der Waals surface area contributed by atoms with Crippen molar-refractivity contribution in [3.63, 3.8) is 0 Å². The third-order valence-corrected chi connectivity index (χ3v) is 5.94. The molecule has 116 valence electrons. The summed E-state index contributed by atoms with van der Waals surface area (Å²) >= 11 is 1.14. The van der Waals surface area contributed by atoms with E-state index < -0.39 is 9.84 Å². The van der Waals surface area contributed by atoms with Gasteiger partial charge in [-0.05, 0) is 23.9 Å². The number of sulfone groups is 1. The van der Waals surface area contributed by atoms with Gasteiger partial charge in [-0.15, -0.1) is 11.3 Å². The average molecular weight is 338 g/mol. The Morgan fingerprint density at radius 2 is 2.18 bits per heavy atom. The van der Waals surface area contributed by atoms with Gasteiger partial charge in [0.1, 0.15) is 9.90 Å². The molecule has 0 N–H and O–H groups in total. The molecule has 0 amide bonds. The molecule has 9 heteroatoms. The van der Waals surface area contributed by atoms with Crippen molar-refractivity contribution in [1.82, 2.24) is 19.9 Å². The molecule has 0 aliphatic carbocycles. The molecule has 22 heavy (non-hydrogen) atoms. The Balaban J connectivity index is 2.05. The standard InChI is InChI=1S/C13H14N4O3S2/c1-4-8-7-10(17(2)15-8)12-14-11(16-20-12)9-5-6-21-13(9)22(3,18)19/h5-7H,4H2,1-3H3. The fourth-order valence-corrected chi connectivity index (χ4v) is 4.12. The van der Waals surface area contributed by atoms with Crippen LogP contribution in [0.1, 0.15) is 12.6 Å². The minimum atomic E-state index is -3.32. The Morgan fingerprint density at radius 3 is 2.82 bits per heavy atom. The number of aromatic nitrogens is 4. The second-order valence-electron chi connectivity index (χ2n) is 4.82. The molecule has 0 unspecified atom stereocenters. The van der Waals surface area contributed by atoms with Crippen LogP contribution >= 0.6 is 11.3 Å². The van der Waals surface area contributed by atoms with E-state index in [1.807, 2.05) is 13.0 Å². The first-order valence-electron chi connectivity index (χ1n) is 6.55. The Morgan fingerprint density at radius 1 is 1.41 bits per heavy atom. The first-order valence-corrected chi connectivity index (χ1v) is 9.32. The van der Waals surface area contributed by atoms with Gasteiger partial charge >= 0.3 is 0 Å². The Labute approximate surface area is 131 Å². The van der Waals surface area contributed by atoms with E-state index in [0.717, 1.165) is 29.7 Å². The lowest BCUT2D eigenvalue weighted by Gasteiger charge is -1.95. The van der Waals surface area contributed by atoms with Gasteiger partial charge in [0.05, 0.1) is 11.3 Å². The summed E-state index contributed by atoms with van der Waals surface area (Å²) in [5.41, 5.74) is 2.08. The van der Waals surface area contributed by atoms with Crippen molar-refractivity contribution < 1.29 is 12.9 Å². The topological polar surface area (TPSA) is 90.9 Å². The lowest BCUT2D eigenvalue weighted by atomic mass is 10.3. The lowest BCUT2D eigenvalue weighted by Crippen LogP contribution is -1.96. The normalized spacial score (nSPS) is 12.0. The number of rotatable bonds is 4. The number of aryl methyl sites for hydroxylation is 2. The molecule has 0 spiro atoms. The van der Waals surface area contributed by atoms with Gasteiger partial charge < -0.3 is 4.52 Å². The molecule has 0 atom stereocenters. The minimum absolute atomic E-state index is 0.235. The largest absolute Gasteiger partial charge is 0.332 e. The fourth-order valence-electron chi connectivity index (χ4n) is 2.08. The molecular formula is C13H14N4O3S2. The zero-order valence-corrected chi connectivity index (χ0v) is 13.9. The molecule has 0 bridgehead atoms. The van der Waals surface area contributed by atoms with Crippen LogP contribution in [0.15, 0.2) is 26.2 Å². The van der Waals surface area contributed by atoms with E-state index in [9.17, 15) is 8.42 Å². The molecule has 0 aliphatic heterocycles. The molecule has 0 fully saturated rings. The molecule has 7 nitrogen and oxygen atoms in total. The van der Waals surface area contributed by atoms with Crippen LogP contribution in [0.3, 0.4) is 0 Å². The number of hydrogen-bond donors (Lipinski definition) is 0. The van der Waals surface area contributed by atoms with Crippen LogP contribution in [0.2, 0.25) is 0 Å². The fraction of sp³-hybridized carbons (Fsp3) is 0.308. The van der Waals surface area contributed by atoms with Crippen LogP contribution in [-0.2, 0) is 23.3 Å². The van der Waals surface area contributed by atoms with E-state index in [0.29, 0.717) is 17.1 Å². The molecule has 3 aromatic rings. The van der Waals surface area contributed by atoms with Gasteiger partial charge in [-0.25, -0.2) is 8.42 Å². The highest BCUT2D eigenvalue weighted by atomic mass is 32.2. The van der Waals surface area contributed by atoms with Crippen LogP contribution < -0.4 is 0 Å². The van der Waals surface area contributed by atoms with Crippen molar-refractivity contribution in [1.29, 1.82) is 0 Å². The first-order chi connectivity index (χ1) is 10.4. The van der Waals surface area contributed by atoms with Crippen LogP contribution in [0.5, 0.6) is 0 Å². The highest BCUT2D eigenvalue weighted by Crippen LogP contribution is 2.31. The third-order valence-electron chi connectivity index (χ3n) is 3.15. The Kier molecular flexibility index (Phi) is 3.61. The van der Waals surface area contributed by atoms with Gasteiger partial charge in [-0.1, -0.05) is 12.1 Å². The van der Waals surface area contributed by atoms with Crippen molar-refractivity contribution in [2.24, 2.45) is 7.05 Å². The van der Waals surface area contributed by atoms with Crippen molar-refractivity contribution >= 4 is 21.2 Å². The number of nitrogens with zero attached hydrogens (tertiary/aromatic N) is 4. The van der Waals surface area contributed by atoms with Crippen molar-refractivity contribution in [3.05, 3.63) is 23.2 Å². The molecule has 0 saturated carbocycles. The second kappa shape index (κ2) is 5.33. The van der Waals surface area contributed by atoms with Crippen molar-refractivity contribution in [2.75, 3.05) is 6.26 Å². The highest BCUT2D eigenvalue weighted by Gasteiger charge is 2.21. The van der Waals surface area contributed by atoms with E-state index in [2.05, 4.69) is 15.2 Å². The summed E-state index contributed by atoms with van der Waals surface area (Å²) in [6.07, 6.45) is 1.97. The van der Waals surface area contributed by atoms with Crippen LogP contribution in [0, 0.1) is 0 Å². The van der Waals surface area contributed by atoms with E-state index in [4.69, 9.17) is 4.52 Å². The third kappa shape index (κ3) is 2.57. The van der Waals surface area contributed by atoms with E-state index in [1.54, 1.807) is 23.2 Å². The molecule has 0 aliphatic rings. The summed E-state index contributed by atoms with van der Waals surface area (Å²) in [5, 5.41) is 9.93. The smallest absolute Gasteiger partial charge is 0.276 e. The number of hydrogen-bond acceptors (Lipinski definition) is 7. The van der Waals surface area contributed by atoms with Gasteiger partial charge in [-0.3, -0.25) is 4.68 Å². The molecule has 0 aromatic carbocycles. The minimum Gasteiger partial charge on any atom is -0.332 e. The summed E-state index contributed by atoms with van der Waals surface area (Å²) in [7, 11) is -1.53. The SMILES string of the molecule is CCc1cc(-c2nc(-c3ccsc3S(C)(=O)=O)no2)n(C)n1. The highest BCUT2D eigenvalue weighted by molar-refractivity contribution is 7.92. The van der Waals surface area contributed by atoms with E-state index >= 15 is 0 Å². The summed E-state index contributed by atoms with van der Waals surface area (Å²) < 4.78 is 30.7. The first kappa shape index (κ1) is 14.9. The molecule has 0 saturated heterocycles. The van der Waals surface area contributed by atoms with Gasteiger partial charge in [0, 0.05) is 13.3 Å². The van der Waals surface area contributed by atoms with Gasteiger partial charge in [0.2, 0.25) is 5.82 Å². The van der Waals surface area contributed by atoms with Crippen molar-refractivity contribution in [3.8, 4) is 23.0 Å². The number of thiophene rings is 1. The molecule has 3 heterocycles. The molecule has 3 aromatic heterocycles. The maximum absolute atomic E-state index is 11.8. The van der Waals surface area contributed by atoms with Crippen LogP contribution in [-0.4, -0.2) is 34.6 Å². The maximum atomic E-state index is 11.8. The second-order valence-corrected chi connectivity index (χ2v) is 7.94. The Hall–Kier alpha value is -2.00. The summed E-state index contributed by atoms with van der Waals surface area (Å²) in [6.45, 7) is 2.01. The van der Waals surface area contributed by atoms with Gasteiger partial charge in [0.25, 0.3) is 5.89 Å². The van der Waals surface area contributed by atoms with Crippen LogP contribution in [0.4, 0.5) is 0 Å². The lowest BCUT2D eigenvalue weighted by molar-refractivity contribution is 0.428. The predicted molar refractivity (Wildman–Crippen MR) is 82.3 cm³/mol. The molecule has 3 rings (SSSR count). The van der Waals surface area contributed by atoms with E-state index in [1.165, 1.54) is 0 Å². The van der Waals surface area contributed by atoms with Gasteiger partial charge in [-0.2, -0.15) is 10.1 Å². The Bertz CT molecular complexity index is 921. The zero-order chi connectivity index (χ0) is 15.9. The maximum Gasteiger partial charge on any atom is 0.276 e.